The molecule has 4 nitrogen and oxygen atoms in total. The van der Waals surface area contributed by atoms with Crippen LogP contribution in [0.1, 0.15) is 19.3 Å². The topological polar surface area (TPSA) is 38.1 Å². The minimum Gasteiger partial charge on any atom is -0.341 e. The molecular weight excluding hydrogens is 258 g/mol. The molecular formula is C10H14BrN3O. The Morgan fingerprint density at radius 3 is 2.73 bits per heavy atom. The molecule has 0 radical (unpaired) electrons. The normalized spacial score (nSPS) is 16.7. The van der Waals surface area contributed by atoms with Crippen LogP contribution in [0.3, 0.4) is 0 Å². The maximum absolute atomic E-state index is 11.8. The number of carbonyl (C=O) groups is 1. The molecule has 1 aliphatic rings. The van der Waals surface area contributed by atoms with Crippen LogP contribution in [0.5, 0.6) is 0 Å². The lowest BCUT2D eigenvalue weighted by Crippen LogP contribution is -2.37. The Bertz CT molecular complexity index is 344. The Labute approximate surface area is 97.4 Å². The Morgan fingerprint density at radius 2 is 2.13 bits per heavy atom. The molecule has 15 heavy (non-hydrogen) atoms. The molecule has 0 unspecified atom stereocenters. The molecule has 0 N–H and O–H groups in total. The molecule has 82 valence electrons. The standard InChI is InChI=1S/C10H14BrN3O/c11-9-6-12-14(7-9)8-10(15)13-4-2-1-3-5-13/h6-7H,1-5,8H2. The van der Waals surface area contributed by atoms with Crippen molar-refractivity contribution in [2.75, 3.05) is 13.1 Å². The van der Waals surface area contributed by atoms with Crippen molar-refractivity contribution in [1.82, 2.24) is 14.7 Å². The number of halogens is 1. The quantitative estimate of drug-likeness (QED) is 0.821. The summed E-state index contributed by atoms with van der Waals surface area (Å²) >= 11 is 3.31. The summed E-state index contributed by atoms with van der Waals surface area (Å²) in [5.74, 6) is 0.172. The number of rotatable bonds is 2. The van der Waals surface area contributed by atoms with Crippen LogP contribution in [0.4, 0.5) is 0 Å². The summed E-state index contributed by atoms with van der Waals surface area (Å²) in [6.45, 7) is 2.16. The SMILES string of the molecule is O=C(Cn1cc(Br)cn1)N1CCCCC1. The molecule has 0 bridgehead atoms. The molecule has 1 aromatic heterocycles. The summed E-state index contributed by atoms with van der Waals surface area (Å²) in [5.41, 5.74) is 0. The third-order valence-electron chi connectivity index (χ3n) is 2.61. The summed E-state index contributed by atoms with van der Waals surface area (Å²) in [6.07, 6.45) is 7.03. The van der Waals surface area contributed by atoms with Crippen molar-refractivity contribution in [1.29, 1.82) is 0 Å². The highest BCUT2D eigenvalue weighted by Gasteiger charge is 2.16. The molecule has 5 heteroatoms. The first-order valence-corrected chi connectivity index (χ1v) is 6.01. The number of carbonyl (C=O) groups excluding carboxylic acids is 1. The van der Waals surface area contributed by atoms with E-state index in [1.807, 2.05) is 11.1 Å². The van der Waals surface area contributed by atoms with Gasteiger partial charge in [-0.2, -0.15) is 5.10 Å². The van der Waals surface area contributed by atoms with Gasteiger partial charge in [0.2, 0.25) is 5.91 Å². The molecule has 2 rings (SSSR count). The second kappa shape index (κ2) is 4.79. The molecule has 1 saturated heterocycles. The lowest BCUT2D eigenvalue weighted by Gasteiger charge is -2.26. The lowest BCUT2D eigenvalue weighted by molar-refractivity contribution is -0.132. The van der Waals surface area contributed by atoms with Crippen LogP contribution >= 0.6 is 15.9 Å². The molecule has 1 aromatic rings. The average molecular weight is 272 g/mol. The van der Waals surface area contributed by atoms with Crippen molar-refractivity contribution >= 4 is 21.8 Å². The van der Waals surface area contributed by atoms with Crippen molar-refractivity contribution in [3.05, 3.63) is 16.9 Å². The van der Waals surface area contributed by atoms with Crippen LogP contribution < -0.4 is 0 Å². The molecule has 1 fully saturated rings. The van der Waals surface area contributed by atoms with Gasteiger partial charge in [0.15, 0.2) is 0 Å². The van der Waals surface area contributed by atoms with E-state index in [9.17, 15) is 4.79 Å². The molecule has 0 spiro atoms. The highest BCUT2D eigenvalue weighted by molar-refractivity contribution is 9.10. The zero-order valence-corrected chi connectivity index (χ0v) is 10.1. The van der Waals surface area contributed by atoms with Gasteiger partial charge in [0, 0.05) is 19.3 Å². The van der Waals surface area contributed by atoms with Gasteiger partial charge in [0.25, 0.3) is 0 Å². The molecule has 1 aliphatic heterocycles. The summed E-state index contributed by atoms with van der Waals surface area (Å²) in [6, 6.07) is 0. The van der Waals surface area contributed by atoms with Gasteiger partial charge in [-0.25, -0.2) is 0 Å². The molecule has 2 heterocycles. The Hall–Kier alpha value is -0.840. The van der Waals surface area contributed by atoms with Crippen LogP contribution in [-0.2, 0) is 11.3 Å². The van der Waals surface area contributed by atoms with E-state index < -0.39 is 0 Å². The highest BCUT2D eigenvalue weighted by Crippen LogP contribution is 2.10. The first-order valence-electron chi connectivity index (χ1n) is 5.21. The van der Waals surface area contributed by atoms with Crippen LogP contribution in [0.25, 0.3) is 0 Å². The van der Waals surface area contributed by atoms with Crippen molar-refractivity contribution in [3.63, 3.8) is 0 Å². The molecule has 0 saturated carbocycles. The number of aromatic nitrogens is 2. The van der Waals surface area contributed by atoms with Crippen molar-refractivity contribution in [2.24, 2.45) is 0 Å². The van der Waals surface area contributed by atoms with Crippen molar-refractivity contribution in [3.8, 4) is 0 Å². The molecule has 1 amide bonds. The number of piperidine rings is 1. The fraction of sp³-hybridized carbons (Fsp3) is 0.600. The van der Waals surface area contributed by atoms with Crippen LogP contribution in [-0.4, -0.2) is 33.7 Å². The summed E-state index contributed by atoms with van der Waals surface area (Å²) in [4.78, 5) is 13.8. The fourth-order valence-corrected chi connectivity index (χ4v) is 2.13. The van der Waals surface area contributed by atoms with E-state index in [1.165, 1.54) is 6.42 Å². The van der Waals surface area contributed by atoms with Gasteiger partial charge in [0.1, 0.15) is 6.54 Å². The number of likely N-dealkylation sites (tertiary alicyclic amines) is 1. The van der Waals surface area contributed by atoms with Gasteiger partial charge >= 0.3 is 0 Å². The third kappa shape index (κ3) is 2.81. The predicted octanol–water partition coefficient (Wildman–Crippen LogP) is 1.66. The zero-order valence-electron chi connectivity index (χ0n) is 8.53. The highest BCUT2D eigenvalue weighted by atomic mass is 79.9. The zero-order chi connectivity index (χ0) is 10.7. The monoisotopic (exact) mass is 271 g/mol. The second-order valence-corrected chi connectivity index (χ2v) is 4.71. The molecule has 0 aromatic carbocycles. The predicted molar refractivity (Wildman–Crippen MR) is 60.4 cm³/mol. The second-order valence-electron chi connectivity index (χ2n) is 3.80. The maximum atomic E-state index is 11.8. The first-order chi connectivity index (χ1) is 7.25. The van der Waals surface area contributed by atoms with E-state index in [4.69, 9.17) is 0 Å². The minimum atomic E-state index is 0.172. The Kier molecular flexibility index (Phi) is 3.41. The van der Waals surface area contributed by atoms with Crippen LogP contribution in [0.2, 0.25) is 0 Å². The van der Waals surface area contributed by atoms with Crippen LogP contribution in [0.15, 0.2) is 16.9 Å². The van der Waals surface area contributed by atoms with Crippen molar-refractivity contribution in [2.45, 2.75) is 25.8 Å². The van der Waals surface area contributed by atoms with Gasteiger partial charge in [-0.05, 0) is 35.2 Å². The maximum Gasteiger partial charge on any atom is 0.244 e. The molecule has 0 aliphatic carbocycles. The number of hydrogen-bond donors (Lipinski definition) is 0. The van der Waals surface area contributed by atoms with E-state index in [0.29, 0.717) is 6.54 Å². The minimum absolute atomic E-state index is 0.172. The van der Waals surface area contributed by atoms with E-state index in [-0.39, 0.29) is 5.91 Å². The fourth-order valence-electron chi connectivity index (χ4n) is 1.81. The smallest absolute Gasteiger partial charge is 0.244 e. The Balaban J connectivity index is 1.91. The van der Waals surface area contributed by atoms with Gasteiger partial charge < -0.3 is 4.90 Å². The van der Waals surface area contributed by atoms with Crippen LogP contribution in [0, 0.1) is 0 Å². The van der Waals surface area contributed by atoms with Gasteiger partial charge in [0.05, 0.1) is 10.7 Å². The first kappa shape index (κ1) is 10.7. The summed E-state index contributed by atoms with van der Waals surface area (Å²) in [5, 5.41) is 4.07. The number of amides is 1. The Morgan fingerprint density at radius 1 is 1.40 bits per heavy atom. The van der Waals surface area contributed by atoms with Gasteiger partial charge in [-0.1, -0.05) is 0 Å². The lowest BCUT2D eigenvalue weighted by atomic mass is 10.1. The van der Waals surface area contributed by atoms with E-state index in [2.05, 4.69) is 21.0 Å². The summed E-state index contributed by atoms with van der Waals surface area (Å²) in [7, 11) is 0. The molecule has 0 atom stereocenters. The van der Waals surface area contributed by atoms with E-state index in [1.54, 1.807) is 10.9 Å². The third-order valence-corrected chi connectivity index (χ3v) is 3.02. The van der Waals surface area contributed by atoms with E-state index in [0.717, 1.165) is 30.4 Å². The van der Waals surface area contributed by atoms with Gasteiger partial charge in [-0.15, -0.1) is 0 Å². The number of nitrogens with zero attached hydrogens (tertiary/aromatic N) is 3. The van der Waals surface area contributed by atoms with E-state index >= 15 is 0 Å². The number of hydrogen-bond acceptors (Lipinski definition) is 2. The average Bonchev–Trinajstić information content (AvgIpc) is 2.65. The largest absolute Gasteiger partial charge is 0.341 e. The van der Waals surface area contributed by atoms with Gasteiger partial charge in [-0.3, -0.25) is 9.48 Å². The van der Waals surface area contributed by atoms with Crippen molar-refractivity contribution < 1.29 is 4.79 Å². The summed E-state index contributed by atoms with van der Waals surface area (Å²) < 4.78 is 2.58.